The first-order chi connectivity index (χ1) is 42.0. The van der Waals surface area contributed by atoms with Gasteiger partial charge in [-0.05, 0) is 86.6 Å². The van der Waals surface area contributed by atoms with Gasteiger partial charge in [0.25, 0.3) is 0 Å². The summed E-state index contributed by atoms with van der Waals surface area (Å²) in [6, 6.07) is 11.4. The molecule has 0 bridgehead atoms. The first-order valence-corrected chi connectivity index (χ1v) is 28.2. The monoisotopic (exact) mass is 1240 g/mol. The highest BCUT2D eigenvalue weighted by atomic mass is 19.1. The maximum atomic E-state index is 15.1. The lowest BCUT2D eigenvalue weighted by molar-refractivity contribution is -0.139. The molecule has 0 spiro atoms. The number of nitrogens with zero attached hydrogens (tertiary/aromatic N) is 1. The number of ether oxygens (including phenoxy) is 1. The summed E-state index contributed by atoms with van der Waals surface area (Å²) >= 11 is 0. The highest BCUT2D eigenvalue weighted by Gasteiger charge is 2.40. The van der Waals surface area contributed by atoms with Gasteiger partial charge in [0.1, 0.15) is 46.8 Å². The first-order valence-electron chi connectivity index (χ1n) is 28.2. The summed E-state index contributed by atoms with van der Waals surface area (Å²) < 4.78 is 20.5. The van der Waals surface area contributed by atoms with E-state index in [4.69, 9.17) is 10.5 Å². The van der Waals surface area contributed by atoms with Gasteiger partial charge in [-0.25, -0.2) is 9.37 Å². The van der Waals surface area contributed by atoms with Gasteiger partial charge in [-0.1, -0.05) is 62.4 Å². The number of hydrogen-bond donors (Lipinski definition) is 15. The highest BCUT2D eigenvalue weighted by molar-refractivity contribution is 5.99. The van der Waals surface area contributed by atoms with Crippen LogP contribution in [0.1, 0.15) is 76.8 Å². The van der Waals surface area contributed by atoms with E-state index >= 15 is 4.39 Å². The number of primary amides is 1. The molecule has 29 nitrogen and oxygen atoms in total. The minimum absolute atomic E-state index is 0.0823. The molecule has 0 saturated carbocycles. The number of carbonyl (C=O) groups is 12. The highest BCUT2D eigenvalue weighted by Crippen LogP contribution is 2.28. The number of aliphatic hydroxyl groups is 2. The molecule has 0 aliphatic rings. The lowest BCUT2D eigenvalue weighted by Gasteiger charge is -2.33. The molecule has 0 radical (unpaired) electrons. The van der Waals surface area contributed by atoms with Crippen molar-refractivity contribution < 1.29 is 82.0 Å². The van der Waals surface area contributed by atoms with Crippen molar-refractivity contribution in [1.29, 1.82) is 0 Å². The van der Waals surface area contributed by atoms with E-state index in [9.17, 15) is 72.9 Å². The van der Waals surface area contributed by atoms with Crippen molar-refractivity contribution in [2.75, 3.05) is 39.9 Å². The van der Waals surface area contributed by atoms with Crippen LogP contribution in [0.2, 0.25) is 0 Å². The molecule has 3 aromatic carbocycles. The number of carbonyl (C=O) groups excluding carboxylic acids is 11. The zero-order chi connectivity index (χ0) is 66.2. The molecule has 0 saturated heterocycles. The number of benzene rings is 3. The van der Waals surface area contributed by atoms with E-state index < -0.39 is 176 Å². The minimum Gasteiger partial charge on any atom is -0.497 e. The standard InChI is InChI=1S/C59H78FN13O16/c1-8-35-23-39(89-7)17-18-40(35)36-15-13-34(14-16-36)22-43(53(84)64-26-45(61)76)68-47(78)28-66-54(85)44(30-74)69-55(86)50(33(3)75)71-57(88)59(6,24-37-11-9-10-12-41(37)60)72-48(79)29-63-46(77)27-65-52(83)42(19-20-49(80)81)70-56(87)58(4,5)73-51(82)32(2)21-38-25-62-31-67-38/h9-18,23,25,31-33,42-44,50,74-75H,8,19-22,24,26-30H2,1-7H3,(H2,61,76)(H,62,67)(H,63,77)(H,64,84)(H,65,83)(H,66,85)(H,68,78)(H,69,86)(H,70,87)(H,71,88)(H,72,79)(H,73,82)(H,80,81)/t32-,33+,42-,43-,44?,50-,59-/m0/s1. The SMILES string of the molecule is CCc1cc(OC)ccc1-c1ccc(C[C@H](NC(=O)CNC(=O)C(CO)NC(=O)[C@@H](NC(=O)[C@](C)(Cc2ccccc2F)NC(=O)CNC(=O)CNC(=O)[C@H](CCC(=O)O)NC(=O)C(C)(C)NC(=O)[C@@H](C)Cc2cnc[nH]2)[C@@H](C)O)C(=O)NCC(N)=O)cc1. The number of aromatic nitrogens is 2. The van der Waals surface area contributed by atoms with Crippen molar-refractivity contribution in [2.45, 2.75) is 121 Å². The quantitative estimate of drug-likeness (QED) is 0.0224. The smallest absolute Gasteiger partial charge is 0.303 e. The maximum Gasteiger partial charge on any atom is 0.303 e. The van der Waals surface area contributed by atoms with Gasteiger partial charge >= 0.3 is 5.97 Å². The Morgan fingerprint density at radius 1 is 0.685 bits per heavy atom. The van der Waals surface area contributed by atoms with Gasteiger partial charge in [0.05, 0.1) is 52.3 Å². The molecule has 16 N–H and O–H groups in total. The maximum absolute atomic E-state index is 15.1. The average Bonchev–Trinajstić information content (AvgIpc) is 2.12. The lowest BCUT2D eigenvalue weighted by atomic mass is 9.90. The molecule has 0 aliphatic heterocycles. The second-order valence-electron chi connectivity index (χ2n) is 21.6. The van der Waals surface area contributed by atoms with E-state index in [0.29, 0.717) is 23.4 Å². The molecule has 7 atom stereocenters. The van der Waals surface area contributed by atoms with Gasteiger partial charge in [-0.2, -0.15) is 0 Å². The molecule has 4 aromatic rings. The molecule has 4 rings (SSSR count). The van der Waals surface area contributed by atoms with Gasteiger partial charge in [-0.15, -0.1) is 0 Å². The van der Waals surface area contributed by atoms with E-state index in [1.807, 2.05) is 37.3 Å². The van der Waals surface area contributed by atoms with E-state index in [1.165, 1.54) is 44.6 Å². The number of amides is 11. The molecule has 89 heavy (non-hydrogen) atoms. The Labute approximate surface area is 511 Å². The van der Waals surface area contributed by atoms with Crippen molar-refractivity contribution in [3.05, 3.63) is 107 Å². The Balaban J connectivity index is 1.38. The summed E-state index contributed by atoms with van der Waals surface area (Å²) in [6.45, 7) is 4.39. The zero-order valence-electron chi connectivity index (χ0n) is 50.3. The Morgan fingerprint density at radius 3 is 1.91 bits per heavy atom. The number of carboxylic acid groups (broad SMARTS) is 1. The number of rotatable bonds is 35. The lowest BCUT2D eigenvalue weighted by Crippen LogP contribution is -2.65. The molecule has 30 heteroatoms. The fourth-order valence-corrected chi connectivity index (χ4v) is 8.80. The summed E-state index contributed by atoms with van der Waals surface area (Å²) in [7, 11) is 1.57. The summed E-state index contributed by atoms with van der Waals surface area (Å²) in [6.07, 6.45) is 0.488. The van der Waals surface area contributed by atoms with Gasteiger partial charge in [0.15, 0.2) is 0 Å². The molecule has 0 aliphatic carbocycles. The van der Waals surface area contributed by atoms with Gasteiger partial charge in [0.2, 0.25) is 65.0 Å². The largest absolute Gasteiger partial charge is 0.497 e. The number of imidazole rings is 1. The molecule has 482 valence electrons. The third-order valence-corrected chi connectivity index (χ3v) is 13.9. The minimum atomic E-state index is -2.19. The third-order valence-electron chi connectivity index (χ3n) is 13.9. The van der Waals surface area contributed by atoms with E-state index in [-0.39, 0.29) is 18.4 Å². The van der Waals surface area contributed by atoms with Crippen molar-refractivity contribution in [2.24, 2.45) is 11.7 Å². The first kappa shape index (κ1) is 71.6. The number of hydrogen-bond acceptors (Lipinski definition) is 16. The number of nitrogens with two attached hydrogens (primary N) is 1. The van der Waals surface area contributed by atoms with Crippen molar-refractivity contribution in [1.82, 2.24) is 63.1 Å². The van der Waals surface area contributed by atoms with Crippen LogP contribution in [0.4, 0.5) is 4.39 Å². The molecular weight excluding hydrogens is 1170 g/mol. The van der Waals surface area contributed by atoms with Crippen molar-refractivity contribution in [3.8, 4) is 16.9 Å². The summed E-state index contributed by atoms with van der Waals surface area (Å²) in [5.74, 6) is -12.7. The van der Waals surface area contributed by atoms with Crippen LogP contribution >= 0.6 is 0 Å². The van der Waals surface area contributed by atoms with Crippen LogP contribution in [0.25, 0.3) is 11.1 Å². The van der Waals surface area contributed by atoms with E-state index in [2.05, 4.69) is 63.1 Å². The zero-order valence-corrected chi connectivity index (χ0v) is 50.3. The molecular formula is C59H78FN13O16. The normalized spacial score (nSPS) is 13.8. The van der Waals surface area contributed by atoms with Crippen LogP contribution in [0.3, 0.4) is 0 Å². The number of halogens is 1. The topological polar surface area (TPSA) is 450 Å². The molecule has 1 aromatic heterocycles. The van der Waals surface area contributed by atoms with E-state index in [1.54, 1.807) is 26.2 Å². The second kappa shape index (κ2) is 33.9. The van der Waals surface area contributed by atoms with E-state index in [0.717, 1.165) is 36.6 Å². The predicted molar refractivity (Wildman–Crippen MR) is 316 cm³/mol. The van der Waals surface area contributed by atoms with Crippen LogP contribution < -0.4 is 63.6 Å². The van der Waals surface area contributed by atoms with Gasteiger partial charge in [-0.3, -0.25) is 57.5 Å². The number of carboxylic acids is 1. The number of nitrogens with one attached hydrogen (secondary N) is 11. The van der Waals surface area contributed by atoms with Crippen LogP contribution in [0.5, 0.6) is 5.75 Å². The van der Waals surface area contributed by atoms with Crippen LogP contribution in [0.15, 0.2) is 79.3 Å². The second-order valence-corrected chi connectivity index (χ2v) is 21.6. The predicted octanol–water partition coefficient (Wildman–Crippen LogP) is -2.65. The van der Waals surface area contributed by atoms with Crippen molar-refractivity contribution >= 4 is 70.9 Å². The fraction of sp³-hybridized carbons (Fsp3) is 0.441. The molecule has 1 unspecified atom stereocenters. The fourth-order valence-electron chi connectivity index (χ4n) is 8.80. The molecule has 0 fully saturated rings. The van der Waals surface area contributed by atoms with Crippen LogP contribution in [-0.4, -0.2) is 177 Å². The van der Waals surface area contributed by atoms with Crippen LogP contribution in [-0.2, 0) is 83.2 Å². The Hall–Kier alpha value is -9.84. The number of aryl methyl sites for hydroxylation is 1. The Bertz CT molecular complexity index is 3180. The molecule has 1 heterocycles. The Kier molecular flexibility index (Phi) is 27.3. The third kappa shape index (κ3) is 22.8. The van der Waals surface area contributed by atoms with Gasteiger partial charge in [0, 0.05) is 43.5 Å². The number of methoxy groups -OCH3 is 1. The average molecular weight is 1240 g/mol. The summed E-state index contributed by atoms with van der Waals surface area (Å²) in [4.78, 5) is 164. The van der Waals surface area contributed by atoms with Crippen molar-refractivity contribution in [3.63, 3.8) is 0 Å². The number of aromatic amines is 1. The van der Waals surface area contributed by atoms with Gasteiger partial charge < -0.3 is 83.9 Å². The van der Waals surface area contributed by atoms with Crippen LogP contribution in [0, 0.1) is 11.7 Å². The number of H-pyrrole nitrogens is 1. The number of aliphatic hydroxyl groups excluding tert-OH is 2. The molecule has 11 amide bonds. The number of aliphatic carboxylic acids is 1. The summed E-state index contributed by atoms with van der Waals surface area (Å²) in [5.41, 5.74) is 5.41. The Morgan fingerprint density at radius 2 is 1.31 bits per heavy atom. The summed E-state index contributed by atoms with van der Waals surface area (Å²) in [5, 5.41) is 53.6.